The first-order valence-corrected chi connectivity index (χ1v) is 14.0. The van der Waals surface area contributed by atoms with Crippen LogP contribution in [0, 0.1) is 0 Å². The van der Waals surface area contributed by atoms with Crippen LogP contribution in [0.3, 0.4) is 0 Å². The third-order valence-corrected chi connectivity index (χ3v) is 7.21. The van der Waals surface area contributed by atoms with Gasteiger partial charge in [-0.3, -0.25) is 4.57 Å². The smallest absolute Gasteiger partial charge is 0.408 e. The van der Waals surface area contributed by atoms with Crippen molar-refractivity contribution in [2.45, 2.75) is 32.2 Å². The molecule has 38 heavy (non-hydrogen) atoms. The minimum absolute atomic E-state index is 0.0127. The average Bonchev–Trinajstić information content (AvgIpc) is 2.89. The number of hydrogen-bond acceptors (Lipinski definition) is 9. The van der Waals surface area contributed by atoms with Crippen molar-refractivity contribution >= 4 is 37.0 Å². The summed E-state index contributed by atoms with van der Waals surface area (Å²) < 4.78 is 38.3. The quantitative estimate of drug-likeness (QED) is 0.194. The Morgan fingerprint density at radius 3 is 2.42 bits per heavy atom. The van der Waals surface area contributed by atoms with E-state index in [0.717, 1.165) is 12.7 Å². The number of benzene rings is 2. The number of amides is 1. The first-order chi connectivity index (χ1) is 18.1. The summed E-state index contributed by atoms with van der Waals surface area (Å²) in [4.78, 5) is 46.5. The van der Waals surface area contributed by atoms with Gasteiger partial charge < -0.3 is 33.9 Å². The first-order valence-electron chi connectivity index (χ1n) is 11.6. The number of methoxy groups -OCH3 is 2. The van der Waals surface area contributed by atoms with Crippen molar-refractivity contribution in [1.82, 2.24) is 5.32 Å². The Hall–Kier alpha value is -3.27. The van der Waals surface area contributed by atoms with Crippen LogP contribution >= 0.6 is 19.0 Å². The van der Waals surface area contributed by atoms with Crippen LogP contribution in [-0.2, 0) is 41.1 Å². The van der Waals surface area contributed by atoms with E-state index in [-0.39, 0.29) is 48.5 Å². The Morgan fingerprint density at radius 1 is 1.08 bits per heavy atom. The van der Waals surface area contributed by atoms with E-state index in [1.807, 2.05) is 6.07 Å². The van der Waals surface area contributed by atoms with Crippen molar-refractivity contribution in [2.24, 2.45) is 0 Å². The number of ether oxygens (including phenoxy) is 5. The van der Waals surface area contributed by atoms with E-state index >= 15 is 0 Å². The molecular weight excluding hydrogens is 541 g/mol. The SMILES string of the molecule is CCOC(=O)COc1c(Cl)cc(CP(=O)(O)CCC(NC(=O)OCc2ccccc2)C(=O)OC)cc1OC. The first kappa shape index (κ1) is 31.0. The maximum atomic E-state index is 13.0. The Morgan fingerprint density at radius 2 is 1.79 bits per heavy atom. The molecule has 11 nitrogen and oxygen atoms in total. The molecule has 0 saturated heterocycles. The van der Waals surface area contributed by atoms with Crippen molar-refractivity contribution in [3.63, 3.8) is 0 Å². The summed E-state index contributed by atoms with van der Waals surface area (Å²) in [6.07, 6.45) is -1.65. The van der Waals surface area contributed by atoms with Crippen molar-refractivity contribution < 1.29 is 47.5 Å². The van der Waals surface area contributed by atoms with Crippen LogP contribution in [0.1, 0.15) is 24.5 Å². The van der Waals surface area contributed by atoms with Crippen LogP contribution in [-0.4, -0.2) is 62.6 Å². The second-order valence-electron chi connectivity index (χ2n) is 8.00. The van der Waals surface area contributed by atoms with Gasteiger partial charge in [0.1, 0.15) is 12.6 Å². The molecule has 2 N–H and O–H groups in total. The van der Waals surface area contributed by atoms with Gasteiger partial charge in [0, 0.05) is 12.3 Å². The summed E-state index contributed by atoms with van der Waals surface area (Å²) in [5.74, 6) is -1.13. The highest BCUT2D eigenvalue weighted by Gasteiger charge is 2.28. The van der Waals surface area contributed by atoms with Gasteiger partial charge in [0.25, 0.3) is 0 Å². The number of carbonyl (C=O) groups is 3. The van der Waals surface area contributed by atoms with E-state index in [9.17, 15) is 23.8 Å². The lowest BCUT2D eigenvalue weighted by atomic mass is 10.2. The van der Waals surface area contributed by atoms with E-state index in [0.29, 0.717) is 5.56 Å². The predicted octanol–water partition coefficient (Wildman–Crippen LogP) is 3.92. The monoisotopic (exact) mass is 571 g/mol. The van der Waals surface area contributed by atoms with Gasteiger partial charge in [-0.2, -0.15) is 0 Å². The molecule has 2 aromatic carbocycles. The number of carbonyl (C=O) groups excluding carboxylic acids is 3. The highest BCUT2D eigenvalue weighted by atomic mass is 35.5. The molecule has 0 saturated carbocycles. The number of rotatable bonds is 14. The van der Waals surface area contributed by atoms with E-state index in [1.165, 1.54) is 19.2 Å². The number of halogens is 1. The van der Waals surface area contributed by atoms with Crippen LogP contribution in [0.15, 0.2) is 42.5 Å². The number of esters is 2. The fourth-order valence-electron chi connectivity index (χ4n) is 3.33. The molecule has 0 radical (unpaired) electrons. The second kappa shape index (κ2) is 15.2. The summed E-state index contributed by atoms with van der Waals surface area (Å²) in [7, 11) is -1.36. The van der Waals surface area contributed by atoms with E-state index in [4.69, 9.17) is 35.3 Å². The standard InChI is InChI=1S/C25H31ClNO10P/c1-4-35-22(28)15-36-23-19(26)12-18(13-21(23)33-2)16-38(31,32)11-10-20(24(29)34-3)27-25(30)37-14-17-8-6-5-7-9-17/h5-9,12-13,20H,4,10-11,14-16H2,1-3H3,(H,27,30)(H,31,32). The molecule has 0 aliphatic rings. The Balaban J connectivity index is 2.01. The number of alkyl carbamates (subject to hydrolysis) is 1. The zero-order chi connectivity index (χ0) is 28.1. The average molecular weight is 572 g/mol. The van der Waals surface area contributed by atoms with Gasteiger partial charge in [-0.1, -0.05) is 41.9 Å². The topological polar surface area (TPSA) is 147 Å². The zero-order valence-corrected chi connectivity index (χ0v) is 23.0. The molecule has 1 amide bonds. The van der Waals surface area contributed by atoms with Gasteiger partial charge in [0.15, 0.2) is 18.1 Å². The second-order valence-corrected chi connectivity index (χ2v) is 10.9. The molecule has 13 heteroatoms. The lowest BCUT2D eigenvalue weighted by molar-refractivity contribution is -0.145. The molecule has 2 rings (SSSR count). The van der Waals surface area contributed by atoms with Crippen LogP contribution in [0.2, 0.25) is 5.02 Å². The van der Waals surface area contributed by atoms with Crippen LogP contribution in [0.25, 0.3) is 0 Å². The number of hydrogen-bond donors (Lipinski definition) is 2. The third kappa shape index (κ3) is 10.2. The molecule has 0 fully saturated rings. The highest BCUT2D eigenvalue weighted by Crippen LogP contribution is 2.47. The highest BCUT2D eigenvalue weighted by molar-refractivity contribution is 7.57. The van der Waals surface area contributed by atoms with Crippen LogP contribution < -0.4 is 14.8 Å². The molecule has 0 aliphatic heterocycles. The zero-order valence-electron chi connectivity index (χ0n) is 21.3. The Kier molecular flexibility index (Phi) is 12.4. The molecule has 2 unspecified atom stereocenters. The molecule has 0 aromatic heterocycles. The van der Waals surface area contributed by atoms with E-state index < -0.39 is 38.0 Å². The van der Waals surface area contributed by atoms with Crippen molar-refractivity contribution in [3.05, 3.63) is 58.6 Å². The molecule has 0 aliphatic carbocycles. The largest absolute Gasteiger partial charge is 0.493 e. The molecule has 0 heterocycles. The Bertz CT molecular complexity index is 1140. The van der Waals surface area contributed by atoms with Crippen LogP contribution in [0.4, 0.5) is 4.79 Å². The van der Waals surface area contributed by atoms with Gasteiger partial charge >= 0.3 is 18.0 Å². The molecule has 2 aromatic rings. The van der Waals surface area contributed by atoms with Gasteiger partial charge in [-0.05, 0) is 36.6 Å². The normalized spacial score (nSPS) is 13.0. The van der Waals surface area contributed by atoms with Gasteiger partial charge in [-0.25, -0.2) is 14.4 Å². The fraction of sp³-hybridized carbons (Fsp3) is 0.400. The summed E-state index contributed by atoms with van der Waals surface area (Å²) in [5, 5.41) is 2.45. The minimum atomic E-state index is -3.86. The minimum Gasteiger partial charge on any atom is -0.493 e. The van der Waals surface area contributed by atoms with Crippen LogP contribution in [0.5, 0.6) is 11.5 Å². The lowest BCUT2D eigenvalue weighted by Gasteiger charge is -2.19. The van der Waals surface area contributed by atoms with Crippen molar-refractivity contribution in [2.75, 3.05) is 33.6 Å². The van der Waals surface area contributed by atoms with Gasteiger partial charge in [0.05, 0.1) is 25.8 Å². The van der Waals surface area contributed by atoms with Crippen molar-refractivity contribution in [1.29, 1.82) is 0 Å². The summed E-state index contributed by atoms with van der Waals surface area (Å²) >= 11 is 6.27. The number of nitrogens with one attached hydrogen (secondary N) is 1. The summed E-state index contributed by atoms with van der Waals surface area (Å²) in [6, 6.07) is 10.6. The molecule has 0 spiro atoms. The van der Waals surface area contributed by atoms with E-state index in [1.54, 1.807) is 31.2 Å². The van der Waals surface area contributed by atoms with Gasteiger partial charge in [0.2, 0.25) is 7.37 Å². The Labute approximate surface area is 225 Å². The predicted molar refractivity (Wildman–Crippen MR) is 139 cm³/mol. The maximum Gasteiger partial charge on any atom is 0.408 e. The third-order valence-electron chi connectivity index (χ3n) is 5.12. The van der Waals surface area contributed by atoms with Crippen molar-refractivity contribution in [3.8, 4) is 11.5 Å². The molecule has 2 atom stereocenters. The molecule has 0 bridgehead atoms. The summed E-state index contributed by atoms with van der Waals surface area (Å²) in [6.45, 7) is 1.45. The summed E-state index contributed by atoms with van der Waals surface area (Å²) in [5.41, 5.74) is 1.12. The molecule has 208 valence electrons. The molecular formula is C25H31ClNO10P. The lowest BCUT2D eigenvalue weighted by Crippen LogP contribution is -2.42. The van der Waals surface area contributed by atoms with E-state index in [2.05, 4.69) is 5.32 Å². The van der Waals surface area contributed by atoms with Gasteiger partial charge in [-0.15, -0.1) is 0 Å². The fourth-order valence-corrected chi connectivity index (χ4v) is 5.19. The maximum absolute atomic E-state index is 13.0.